The van der Waals surface area contributed by atoms with Crippen molar-refractivity contribution in [2.75, 3.05) is 25.3 Å². The lowest BCUT2D eigenvalue weighted by molar-refractivity contribution is -0.126. The zero-order valence-electron chi connectivity index (χ0n) is 14.7. The summed E-state index contributed by atoms with van der Waals surface area (Å²) in [6, 6.07) is 14.4. The van der Waals surface area contributed by atoms with E-state index in [2.05, 4.69) is 0 Å². The molecule has 0 radical (unpaired) electrons. The van der Waals surface area contributed by atoms with Crippen LogP contribution in [0.4, 0.5) is 5.69 Å². The average molecular weight is 359 g/mol. The first-order valence-corrected chi connectivity index (χ1v) is 8.96. The predicted molar refractivity (Wildman–Crippen MR) is 99.5 cm³/mol. The van der Waals surface area contributed by atoms with Crippen molar-refractivity contribution in [3.8, 4) is 5.75 Å². The molecule has 0 aliphatic carbocycles. The number of likely N-dealkylation sites (N-methyl/N-ethyl adjacent to an activating group) is 1. The summed E-state index contributed by atoms with van der Waals surface area (Å²) in [5.74, 6) is -0.473. The molecule has 0 aliphatic rings. The number of thioether (sulfide) groups is 1. The number of anilines is 1. The normalized spacial score (nSPS) is 11.5. The van der Waals surface area contributed by atoms with Crippen LogP contribution >= 0.6 is 11.8 Å². The number of carbonyl (C=O) groups excluding carboxylic acids is 2. The van der Waals surface area contributed by atoms with Crippen molar-refractivity contribution in [1.29, 1.82) is 0 Å². The third-order valence-electron chi connectivity index (χ3n) is 3.73. The van der Waals surface area contributed by atoms with Gasteiger partial charge in [-0.2, -0.15) is 0 Å². The number of amides is 1. The number of nitrogens with zero attached hydrogens (tertiary/aromatic N) is 1. The lowest BCUT2D eigenvalue weighted by Gasteiger charge is -2.22. The van der Waals surface area contributed by atoms with Gasteiger partial charge in [-0.05, 0) is 43.5 Å². The number of rotatable bonds is 6. The summed E-state index contributed by atoms with van der Waals surface area (Å²) < 4.78 is 10.6. The molecule has 1 amide bonds. The van der Waals surface area contributed by atoms with Gasteiger partial charge < -0.3 is 14.4 Å². The number of methoxy groups -OCH3 is 1. The Kier molecular flexibility index (Phi) is 6.47. The molecular weight excluding hydrogens is 338 g/mol. The highest BCUT2D eigenvalue weighted by Gasteiger charge is 2.24. The van der Waals surface area contributed by atoms with Gasteiger partial charge in [0.25, 0.3) is 5.91 Å². The van der Waals surface area contributed by atoms with Gasteiger partial charge >= 0.3 is 5.97 Å². The summed E-state index contributed by atoms with van der Waals surface area (Å²) in [4.78, 5) is 27.3. The van der Waals surface area contributed by atoms with Crippen LogP contribution in [0.15, 0.2) is 53.4 Å². The van der Waals surface area contributed by atoms with E-state index in [1.54, 1.807) is 37.9 Å². The van der Waals surface area contributed by atoms with Gasteiger partial charge in [-0.3, -0.25) is 4.79 Å². The summed E-state index contributed by atoms with van der Waals surface area (Å²) in [6.45, 7) is 1.56. The van der Waals surface area contributed by atoms with E-state index in [0.29, 0.717) is 11.3 Å². The largest absolute Gasteiger partial charge is 0.496 e. The minimum atomic E-state index is -0.914. The molecule has 0 N–H and O–H groups in total. The molecule has 2 aromatic carbocycles. The van der Waals surface area contributed by atoms with E-state index in [4.69, 9.17) is 9.47 Å². The smallest absolute Gasteiger partial charge is 0.342 e. The monoisotopic (exact) mass is 359 g/mol. The van der Waals surface area contributed by atoms with E-state index in [-0.39, 0.29) is 5.91 Å². The highest BCUT2D eigenvalue weighted by molar-refractivity contribution is 7.98. The van der Waals surface area contributed by atoms with Gasteiger partial charge in [0, 0.05) is 17.6 Å². The Morgan fingerprint density at radius 2 is 1.80 bits per heavy atom. The van der Waals surface area contributed by atoms with Crippen molar-refractivity contribution in [3.63, 3.8) is 0 Å². The van der Waals surface area contributed by atoms with Gasteiger partial charge in [0.2, 0.25) is 0 Å². The molecule has 0 heterocycles. The Morgan fingerprint density at radius 3 is 2.40 bits per heavy atom. The lowest BCUT2D eigenvalue weighted by atomic mass is 10.2. The van der Waals surface area contributed by atoms with Crippen LogP contribution in [0.2, 0.25) is 0 Å². The van der Waals surface area contributed by atoms with E-state index in [9.17, 15) is 9.59 Å². The van der Waals surface area contributed by atoms with Crippen molar-refractivity contribution in [2.24, 2.45) is 0 Å². The van der Waals surface area contributed by atoms with Crippen molar-refractivity contribution >= 4 is 29.3 Å². The van der Waals surface area contributed by atoms with Crippen LogP contribution in [0, 0.1) is 0 Å². The Balaban J connectivity index is 2.10. The minimum absolute atomic E-state index is 0.294. The fourth-order valence-corrected chi connectivity index (χ4v) is 2.72. The summed E-state index contributed by atoms with van der Waals surface area (Å²) >= 11 is 1.55. The van der Waals surface area contributed by atoms with Crippen molar-refractivity contribution in [2.45, 2.75) is 17.9 Å². The van der Waals surface area contributed by atoms with Crippen LogP contribution in [0.3, 0.4) is 0 Å². The molecule has 132 valence electrons. The summed E-state index contributed by atoms with van der Waals surface area (Å²) in [5, 5.41) is 0. The SMILES string of the molecule is COc1cc(SC)ccc1C(=O)OC(C)C(=O)N(C)c1ccccc1. The molecule has 5 nitrogen and oxygen atoms in total. The van der Waals surface area contributed by atoms with Crippen LogP contribution in [-0.4, -0.2) is 38.4 Å². The van der Waals surface area contributed by atoms with E-state index >= 15 is 0 Å². The predicted octanol–water partition coefficient (Wildman–Crippen LogP) is 3.63. The summed E-state index contributed by atoms with van der Waals surface area (Å²) in [6.07, 6.45) is 1.02. The van der Waals surface area contributed by atoms with Crippen molar-refractivity contribution < 1.29 is 19.1 Å². The zero-order valence-corrected chi connectivity index (χ0v) is 15.5. The van der Waals surface area contributed by atoms with Crippen LogP contribution in [0.5, 0.6) is 5.75 Å². The molecule has 0 spiro atoms. The molecule has 0 aliphatic heterocycles. The second-order valence-corrected chi connectivity index (χ2v) is 6.23. The maximum atomic E-state index is 12.5. The van der Waals surface area contributed by atoms with E-state index in [0.717, 1.165) is 10.6 Å². The molecule has 1 unspecified atom stereocenters. The Morgan fingerprint density at radius 1 is 1.12 bits per heavy atom. The van der Waals surface area contributed by atoms with Crippen LogP contribution in [-0.2, 0) is 9.53 Å². The van der Waals surface area contributed by atoms with Gasteiger partial charge in [-0.25, -0.2) is 4.79 Å². The third-order valence-corrected chi connectivity index (χ3v) is 4.46. The molecule has 0 fully saturated rings. The van der Waals surface area contributed by atoms with Crippen LogP contribution in [0.25, 0.3) is 0 Å². The third kappa shape index (κ3) is 4.54. The molecular formula is C19H21NO4S. The number of ether oxygens (including phenoxy) is 2. The van der Waals surface area contributed by atoms with Crippen LogP contribution in [0.1, 0.15) is 17.3 Å². The van der Waals surface area contributed by atoms with E-state index in [1.807, 2.05) is 42.7 Å². The number of hydrogen-bond acceptors (Lipinski definition) is 5. The van der Waals surface area contributed by atoms with Gasteiger partial charge in [0.05, 0.1) is 7.11 Å². The number of benzene rings is 2. The number of esters is 1. The fraction of sp³-hybridized carbons (Fsp3) is 0.263. The van der Waals surface area contributed by atoms with E-state index < -0.39 is 12.1 Å². The first-order valence-electron chi connectivity index (χ1n) is 7.73. The summed E-state index contributed by atoms with van der Waals surface area (Å²) in [7, 11) is 3.14. The highest BCUT2D eigenvalue weighted by atomic mass is 32.2. The fourth-order valence-electron chi connectivity index (χ4n) is 2.29. The van der Waals surface area contributed by atoms with Gasteiger partial charge in [0.1, 0.15) is 11.3 Å². The standard InChI is InChI=1S/C19H21NO4S/c1-13(18(21)20(2)14-8-6-5-7-9-14)24-19(22)16-11-10-15(25-4)12-17(16)23-3/h5-13H,1-4H3. The zero-order chi connectivity index (χ0) is 18.4. The molecule has 0 bridgehead atoms. The second kappa shape index (κ2) is 8.58. The molecule has 2 aromatic rings. The topological polar surface area (TPSA) is 55.8 Å². The quantitative estimate of drug-likeness (QED) is 0.582. The molecule has 1 atom stereocenters. The molecule has 0 saturated carbocycles. The van der Waals surface area contributed by atoms with E-state index in [1.165, 1.54) is 12.0 Å². The van der Waals surface area contributed by atoms with Gasteiger partial charge in [-0.1, -0.05) is 18.2 Å². The Labute approximate surface area is 151 Å². The Bertz CT molecular complexity index is 748. The maximum absolute atomic E-state index is 12.5. The summed E-state index contributed by atoms with van der Waals surface area (Å²) in [5.41, 5.74) is 1.03. The number of carbonyl (C=O) groups is 2. The van der Waals surface area contributed by atoms with Crippen molar-refractivity contribution in [1.82, 2.24) is 0 Å². The first kappa shape index (κ1) is 18.9. The second-order valence-electron chi connectivity index (χ2n) is 5.35. The first-order chi connectivity index (χ1) is 12.0. The maximum Gasteiger partial charge on any atom is 0.342 e. The van der Waals surface area contributed by atoms with Gasteiger partial charge in [-0.15, -0.1) is 11.8 Å². The molecule has 2 rings (SSSR count). The van der Waals surface area contributed by atoms with Crippen molar-refractivity contribution in [3.05, 3.63) is 54.1 Å². The lowest BCUT2D eigenvalue weighted by Crippen LogP contribution is -2.37. The van der Waals surface area contributed by atoms with Crippen LogP contribution < -0.4 is 9.64 Å². The van der Waals surface area contributed by atoms with Gasteiger partial charge in [0.15, 0.2) is 6.10 Å². The number of para-hydroxylation sites is 1. The minimum Gasteiger partial charge on any atom is -0.496 e. The molecule has 0 saturated heterocycles. The molecule has 6 heteroatoms. The molecule has 0 aromatic heterocycles. The average Bonchev–Trinajstić information content (AvgIpc) is 2.66. The number of hydrogen-bond donors (Lipinski definition) is 0. The highest BCUT2D eigenvalue weighted by Crippen LogP contribution is 2.26. The molecule has 25 heavy (non-hydrogen) atoms. The Hall–Kier alpha value is -2.47.